The van der Waals surface area contributed by atoms with Crippen LogP contribution < -0.4 is 14.9 Å². The maximum Gasteiger partial charge on any atom is 0.307 e. The maximum atomic E-state index is 13.9. The lowest BCUT2D eigenvalue weighted by molar-refractivity contribution is -0.384. The Hall–Kier alpha value is -4.00. The fourth-order valence-electron chi connectivity index (χ4n) is 3.20. The molecule has 11 heteroatoms. The van der Waals surface area contributed by atoms with Crippen molar-refractivity contribution in [2.45, 2.75) is 6.61 Å². The number of halogens is 2. The minimum atomic E-state index is -0.619. The second-order valence-electron chi connectivity index (χ2n) is 7.20. The smallest absolute Gasteiger partial charge is 0.307 e. The van der Waals surface area contributed by atoms with Gasteiger partial charge >= 0.3 is 5.91 Å². The van der Waals surface area contributed by atoms with Gasteiger partial charge in [0.25, 0.3) is 5.69 Å². The second-order valence-corrected chi connectivity index (χ2v) is 8.37. The average Bonchev–Trinajstić information content (AvgIpc) is 3.27. The molecule has 4 rings (SSSR count). The zero-order chi connectivity index (χ0) is 24.9. The molecule has 0 spiro atoms. The van der Waals surface area contributed by atoms with Crippen molar-refractivity contribution in [3.63, 3.8) is 0 Å². The number of fused-ring (bicyclic) bond motifs is 1. The van der Waals surface area contributed by atoms with Gasteiger partial charge in [-0.3, -0.25) is 14.9 Å². The minimum absolute atomic E-state index is 0.0309. The summed E-state index contributed by atoms with van der Waals surface area (Å²) in [6.45, 7) is 0.0309. The van der Waals surface area contributed by atoms with Gasteiger partial charge in [-0.2, -0.15) is 5.10 Å². The van der Waals surface area contributed by atoms with E-state index >= 15 is 0 Å². The molecule has 0 aliphatic carbocycles. The van der Waals surface area contributed by atoms with E-state index < -0.39 is 10.8 Å². The highest BCUT2D eigenvalue weighted by atomic mass is 127. The van der Waals surface area contributed by atoms with E-state index in [9.17, 15) is 19.3 Å². The standard InChI is InChI=1S/C24H17FIN3O6/c1-33-21-9-14(8-19(26)23(21)34-13-15-4-2-3-5-18(15)25)12-27-28-24(30)22-11-16-10-17(29(31)32)6-7-20(16)35-22/h2-12H,13H2,1H3,(H,28,30)/b27-12-. The van der Waals surface area contributed by atoms with Gasteiger partial charge in [0, 0.05) is 23.1 Å². The Morgan fingerprint density at radius 2 is 2.03 bits per heavy atom. The molecule has 0 atom stereocenters. The normalized spacial score (nSPS) is 11.1. The van der Waals surface area contributed by atoms with Gasteiger partial charge in [0.15, 0.2) is 17.3 Å². The van der Waals surface area contributed by atoms with E-state index in [4.69, 9.17) is 13.9 Å². The number of amides is 1. The van der Waals surface area contributed by atoms with Crippen LogP contribution in [0.1, 0.15) is 21.7 Å². The number of methoxy groups -OCH3 is 1. The first-order valence-corrected chi connectivity index (χ1v) is 11.2. The van der Waals surface area contributed by atoms with E-state index in [-0.39, 0.29) is 23.9 Å². The number of hydrazone groups is 1. The number of nitro groups is 1. The van der Waals surface area contributed by atoms with Gasteiger partial charge in [0.05, 0.1) is 21.8 Å². The summed E-state index contributed by atoms with van der Waals surface area (Å²) >= 11 is 2.07. The van der Waals surface area contributed by atoms with Crippen molar-refractivity contribution in [1.29, 1.82) is 0 Å². The van der Waals surface area contributed by atoms with Gasteiger partial charge in [-0.05, 0) is 58.5 Å². The number of carbonyl (C=O) groups excluding carboxylic acids is 1. The first-order valence-electron chi connectivity index (χ1n) is 10.1. The van der Waals surface area contributed by atoms with Crippen molar-refractivity contribution in [2.75, 3.05) is 7.11 Å². The van der Waals surface area contributed by atoms with Crippen LogP contribution in [0.15, 0.2) is 70.2 Å². The Morgan fingerprint density at radius 1 is 1.23 bits per heavy atom. The lowest BCUT2D eigenvalue weighted by Gasteiger charge is -2.14. The van der Waals surface area contributed by atoms with E-state index in [1.54, 1.807) is 30.3 Å². The molecule has 0 aliphatic heterocycles. The monoisotopic (exact) mass is 589 g/mol. The van der Waals surface area contributed by atoms with Crippen LogP contribution in [0.25, 0.3) is 11.0 Å². The first kappa shape index (κ1) is 24.1. The Kier molecular flexibility index (Phi) is 7.25. The lowest BCUT2D eigenvalue weighted by Crippen LogP contribution is -2.16. The van der Waals surface area contributed by atoms with E-state index in [1.165, 1.54) is 43.7 Å². The number of nitrogens with one attached hydrogen (secondary N) is 1. The van der Waals surface area contributed by atoms with Gasteiger partial charge in [-0.1, -0.05) is 18.2 Å². The molecule has 1 N–H and O–H groups in total. The molecule has 0 saturated heterocycles. The Labute approximate surface area is 211 Å². The highest BCUT2D eigenvalue weighted by molar-refractivity contribution is 14.1. The molecule has 178 valence electrons. The zero-order valence-electron chi connectivity index (χ0n) is 18.2. The molecule has 0 radical (unpaired) electrons. The number of furan rings is 1. The van der Waals surface area contributed by atoms with Gasteiger partial charge in [0.2, 0.25) is 0 Å². The number of non-ortho nitro benzene ring substituents is 1. The SMILES string of the molecule is COc1cc(/C=N\NC(=O)c2cc3cc([N+](=O)[O-])ccc3o2)cc(I)c1OCc1ccccc1F. The summed E-state index contributed by atoms with van der Waals surface area (Å²) in [6.07, 6.45) is 1.41. The average molecular weight is 589 g/mol. The van der Waals surface area contributed by atoms with Crippen molar-refractivity contribution in [1.82, 2.24) is 5.43 Å². The first-order chi connectivity index (χ1) is 16.9. The minimum Gasteiger partial charge on any atom is -0.493 e. The van der Waals surface area contributed by atoms with Crippen LogP contribution in [0.2, 0.25) is 0 Å². The summed E-state index contributed by atoms with van der Waals surface area (Å²) in [5, 5.41) is 15.3. The molecule has 0 bridgehead atoms. The van der Waals surface area contributed by atoms with Crippen LogP contribution in [0.4, 0.5) is 10.1 Å². The van der Waals surface area contributed by atoms with Crippen LogP contribution in [-0.4, -0.2) is 24.2 Å². The number of hydrogen-bond acceptors (Lipinski definition) is 7. The zero-order valence-corrected chi connectivity index (χ0v) is 20.3. The van der Waals surface area contributed by atoms with Crippen LogP contribution in [0.5, 0.6) is 11.5 Å². The topological polar surface area (TPSA) is 116 Å². The van der Waals surface area contributed by atoms with E-state index in [0.717, 1.165) is 0 Å². The predicted octanol–water partition coefficient (Wildman–Crippen LogP) is 5.44. The van der Waals surface area contributed by atoms with E-state index in [1.807, 2.05) is 0 Å². The summed E-state index contributed by atoms with van der Waals surface area (Å²) < 4.78 is 31.2. The molecule has 0 saturated carbocycles. The number of nitrogens with zero attached hydrogens (tertiary/aromatic N) is 2. The van der Waals surface area contributed by atoms with Crippen molar-refractivity contribution < 1.29 is 28.0 Å². The number of benzene rings is 3. The number of hydrogen-bond donors (Lipinski definition) is 1. The molecule has 1 amide bonds. The van der Waals surface area contributed by atoms with Crippen LogP contribution in [0.3, 0.4) is 0 Å². The lowest BCUT2D eigenvalue weighted by atomic mass is 10.2. The number of ether oxygens (including phenoxy) is 2. The highest BCUT2D eigenvalue weighted by Crippen LogP contribution is 2.34. The third-order valence-electron chi connectivity index (χ3n) is 4.90. The maximum absolute atomic E-state index is 13.9. The van der Waals surface area contributed by atoms with Crippen LogP contribution in [0, 0.1) is 19.5 Å². The molecule has 0 unspecified atom stereocenters. The fraction of sp³-hybridized carbons (Fsp3) is 0.0833. The second kappa shape index (κ2) is 10.5. The summed E-state index contributed by atoms with van der Waals surface area (Å²) in [6, 6.07) is 15.2. The van der Waals surface area contributed by atoms with Crippen molar-refractivity contribution in [3.05, 3.63) is 97.1 Å². The Bertz CT molecular complexity index is 1450. The highest BCUT2D eigenvalue weighted by Gasteiger charge is 2.15. The number of nitro benzene ring substituents is 1. The Morgan fingerprint density at radius 3 is 2.77 bits per heavy atom. The van der Waals surface area contributed by atoms with Crippen LogP contribution >= 0.6 is 22.6 Å². The Balaban J connectivity index is 1.45. The largest absolute Gasteiger partial charge is 0.493 e. The van der Waals surface area contributed by atoms with Crippen LogP contribution in [-0.2, 0) is 6.61 Å². The third-order valence-corrected chi connectivity index (χ3v) is 5.70. The van der Waals surface area contributed by atoms with Gasteiger partial charge in [-0.15, -0.1) is 0 Å². The number of rotatable bonds is 8. The molecule has 1 heterocycles. The molecule has 35 heavy (non-hydrogen) atoms. The van der Waals surface area contributed by atoms with E-state index in [0.29, 0.717) is 37.2 Å². The summed E-state index contributed by atoms with van der Waals surface area (Å²) in [5.41, 5.74) is 3.63. The van der Waals surface area contributed by atoms with E-state index in [2.05, 4.69) is 33.1 Å². The van der Waals surface area contributed by atoms with Crippen molar-refractivity contribution >= 4 is 51.4 Å². The van der Waals surface area contributed by atoms with Gasteiger partial charge < -0.3 is 13.9 Å². The summed E-state index contributed by atoms with van der Waals surface area (Å²) in [7, 11) is 1.48. The molecule has 4 aromatic rings. The molecule has 0 fully saturated rings. The third kappa shape index (κ3) is 5.57. The van der Waals surface area contributed by atoms with Gasteiger partial charge in [0.1, 0.15) is 18.0 Å². The van der Waals surface area contributed by atoms with Crippen molar-refractivity contribution in [2.24, 2.45) is 5.10 Å². The summed E-state index contributed by atoms with van der Waals surface area (Å²) in [5.74, 6) is -0.147. The molecule has 1 aromatic heterocycles. The molecule has 0 aliphatic rings. The molecular weight excluding hydrogens is 572 g/mol. The predicted molar refractivity (Wildman–Crippen MR) is 134 cm³/mol. The summed E-state index contributed by atoms with van der Waals surface area (Å²) in [4.78, 5) is 22.8. The van der Waals surface area contributed by atoms with Crippen molar-refractivity contribution in [3.8, 4) is 11.5 Å². The fourth-order valence-corrected chi connectivity index (χ4v) is 3.98. The number of carbonyl (C=O) groups is 1. The molecule has 3 aromatic carbocycles. The quantitative estimate of drug-likeness (QED) is 0.127. The molecule has 9 nitrogen and oxygen atoms in total. The molecular formula is C24H17FIN3O6. The van der Waals surface area contributed by atoms with Gasteiger partial charge in [-0.25, -0.2) is 9.82 Å².